The molecule has 26 heavy (non-hydrogen) atoms. The van der Waals surface area contributed by atoms with Crippen LogP contribution in [0, 0.1) is 6.92 Å². The number of halogens is 6. The lowest BCUT2D eigenvalue weighted by atomic mass is 10.1. The first-order valence-electron chi connectivity index (χ1n) is 7.38. The summed E-state index contributed by atoms with van der Waals surface area (Å²) in [6.45, 7) is 1.60. The van der Waals surface area contributed by atoms with Crippen molar-refractivity contribution in [1.82, 2.24) is 4.98 Å². The molecular formula is C18H11F6NO. The summed E-state index contributed by atoms with van der Waals surface area (Å²) in [5.41, 5.74) is -0.450. The van der Waals surface area contributed by atoms with Crippen molar-refractivity contribution in [3.05, 3.63) is 65.4 Å². The molecule has 3 rings (SSSR count). The van der Waals surface area contributed by atoms with Gasteiger partial charge in [-0.25, -0.2) is 4.98 Å². The average molecular weight is 371 g/mol. The molecule has 0 amide bonds. The van der Waals surface area contributed by atoms with Gasteiger partial charge in [0.05, 0.1) is 16.8 Å². The van der Waals surface area contributed by atoms with E-state index in [1.165, 1.54) is 24.3 Å². The second kappa shape index (κ2) is 6.19. The lowest BCUT2D eigenvalue weighted by molar-refractivity contribution is -0.138. The Kier molecular flexibility index (Phi) is 4.29. The maximum atomic E-state index is 12.6. The minimum Gasteiger partial charge on any atom is -0.436 e. The first kappa shape index (κ1) is 18.0. The van der Waals surface area contributed by atoms with Crippen molar-refractivity contribution in [2.75, 3.05) is 0 Å². The number of alkyl halides is 6. The molecule has 0 aliphatic carbocycles. The van der Waals surface area contributed by atoms with E-state index < -0.39 is 23.5 Å². The molecule has 2 aromatic carbocycles. The van der Waals surface area contributed by atoms with E-state index in [0.717, 1.165) is 24.3 Å². The molecule has 0 bridgehead atoms. The van der Waals surface area contributed by atoms with Crippen molar-refractivity contribution in [2.45, 2.75) is 19.3 Å². The predicted molar refractivity (Wildman–Crippen MR) is 82.1 cm³/mol. The van der Waals surface area contributed by atoms with Crippen LogP contribution in [-0.4, -0.2) is 4.98 Å². The minimum absolute atomic E-state index is 0.0890. The van der Waals surface area contributed by atoms with E-state index in [0.29, 0.717) is 16.8 Å². The topological polar surface area (TPSA) is 26.0 Å². The maximum absolute atomic E-state index is 12.6. The Labute approximate surface area is 144 Å². The van der Waals surface area contributed by atoms with Gasteiger partial charge in [0.1, 0.15) is 0 Å². The van der Waals surface area contributed by atoms with Crippen LogP contribution in [0.1, 0.15) is 16.8 Å². The minimum atomic E-state index is -4.45. The summed E-state index contributed by atoms with van der Waals surface area (Å²) in [4.78, 5) is 4.15. The van der Waals surface area contributed by atoms with Gasteiger partial charge in [0.25, 0.3) is 0 Å². The van der Waals surface area contributed by atoms with Gasteiger partial charge >= 0.3 is 12.4 Å². The average Bonchev–Trinajstić information content (AvgIpc) is 2.95. The standard InChI is InChI=1S/C18H11F6NO/c1-10-15(11-2-6-13(7-3-11)17(19,20)21)26-16(25-10)12-4-8-14(9-5-12)18(22,23)24/h2-9H,1H3. The van der Waals surface area contributed by atoms with Crippen LogP contribution in [0.25, 0.3) is 22.8 Å². The monoisotopic (exact) mass is 371 g/mol. The van der Waals surface area contributed by atoms with Crippen LogP contribution in [0.5, 0.6) is 0 Å². The van der Waals surface area contributed by atoms with E-state index in [2.05, 4.69) is 4.98 Å². The molecule has 0 saturated carbocycles. The summed E-state index contributed by atoms with van der Waals surface area (Å²) in [6, 6.07) is 8.64. The van der Waals surface area contributed by atoms with Crippen molar-refractivity contribution < 1.29 is 30.8 Å². The Bertz CT molecular complexity index is 905. The number of rotatable bonds is 2. The SMILES string of the molecule is Cc1nc(-c2ccc(C(F)(F)F)cc2)oc1-c1ccc(C(F)(F)F)cc1. The van der Waals surface area contributed by atoms with Gasteiger partial charge < -0.3 is 4.42 Å². The largest absolute Gasteiger partial charge is 0.436 e. The molecule has 8 heteroatoms. The fourth-order valence-corrected chi connectivity index (χ4v) is 2.40. The quantitative estimate of drug-likeness (QED) is 0.490. The summed E-state index contributed by atoms with van der Waals surface area (Å²) in [7, 11) is 0. The number of hydrogen-bond donors (Lipinski definition) is 0. The van der Waals surface area contributed by atoms with E-state index in [1.807, 2.05) is 0 Å². The van der Waals surface area contributed by atoms with Gasteiger partial charge in [0.15, 0.2) is 5.76 Å². The first-order valence-corrected chi connectivity index (χ1v) is 7.38. The molecule has 2 nitrogen and oxygen atoms in total. The molecule has 0 spiro atoms. The Morgan fingerprint density at radius 3 is 1.54 bits per heavy atom. The Balaban J connectivity index is 1.92. The summed E-state index contributed by atoms with van der Waals surface area (Å²) in [6.07, 6.45) is -8.89. The summed E-state index contributed by atoms with van der Waals surface area (Å²) >= 11 is 0. The van der Waals surface area contributed by atoms with Gasteiger partial charge in [-0.3, -0.25) is 0 Å². The van der Waals surface area contributed by atoms with E-state index in [1.54, 1.807) is 6.92 Å². The van der Waals surface area contributed by atoms with Gasteiger partial charge in [-0.05, 0) is 43.3 Å². The molecule has 0 atom stereocenters. The van der Waals surface area contributed by atoms with Gasteiger partial charge in [0, 0.05) is 11.1 Å². The molecule has 0 aliphatic rings. The smallest absolute Gasteiger partial charge is 0.416 e. The molecule has 0 fully saturated rings. The molecule has 1 heterocycles. The summed E-state index contributed by atoms with van der Waals surface area (Å²) < 4.78 is 81.3. The second-order valence-electron chi connectivity index (χ2n) is 5.58. The van der Waals surface area contributed by atoms with Crippen LogP contribution in [0.15, 0.2) is 52.9 Å². The Hall–Kier alpha value is -2.77. The zero-order chi connectivity index (χ0) is 19.1. The first-order chi connectivity index (χ1) is 12.1. The van der Waals surface area contributed by atoms with Crippen LogP contribution in [0.4, 0.5) is 26.3 Å². The molecule has 3 aromatic rings. The highest BCUT2D eigenvalue weighted by Crippen LogP contribution is 2.34. The molecule has 0 aliphatic heterocycles. The van der Waals surface area contributed by atoms with Gasteiger partial charge in [-0.2, -0.15) is 26.3 Å². The Morgan fingerprint density at radius 2 is 1.12 bits per heavy atom. The van der Waals surface area contributed by atoms with E-state index >= 15 is 0 Å². The predicted octanol–water partition coefficient (Wildman–Crippen LogP) is 6.35. The second-order valence-corrected chi connectivity index (χ2v) is 5.58. The zero-order valence-electron chi connectivity index (χ0n) is 13.2. The number of aromatic nitrogens is 1. The third-order valence-electron chi connectivity index (χ3n) is 3.73. The number of benzene rings is 2. The zero-order valence-corrected chi connectivity index (χ0v) is 13.2. The van der Waals surface area contributed by atoms with Crippen LogP contribution < -0.4 is 0 Å². The van der Waals surface area contributed by atoms with E-state index in [9.17, 15) is 26.3 Å². The third-order valence-corrected chi connectivity index (χ3v) is 3.73. The molecule has 0 N–H and O–H groups in total. The number of oxazole rings is 1. The molecule has 0 unspecified atom stereocenters. The lowest BCUT2D eigenvalue weighted by Crippen LogP contribution is -2.04. The number of hydrogen-bond acceptors (Lipinski definition) is 2. The number of aryl methyl sites for hydroxylation is 1. The number of nitrogens with zero attached hydrogens (tertiary/aromatic N) is 1. The summed E-state index contributed by atoms with van der Waals surface area (Å²) in [5, 5.41) is 0. The van der Waals surface area contributed by atoms with Gasteiger partial charge in [-0.1, -0.05) is 12.1 Å². The van der Waals surface area contributed by atoms with Crippen molar-refractivity contribution in [3.8, 4) is 22.8 Å². The van der Waals surface area contributed by atoms with Crippen LogP contribution in [0.3, 0.4) is 0 Å². The lowest BCUT2D eigenvalue weighted by Gasteiger charge is -2.07. The molecular weight excluding hydrogens is 360 g/mol. The summed E-state index contributed by atoms with van der Waals surface area (Å²) in [5.74, 6) is 0.347. The van der Waals surface area contributed by atoms with Gasteiger partial charge in [-0.15, -0.1) is 0 Å². The third kappa shape index (κ3) is 3.58. The molecule has 1 aromatic heterocycles. The van der Waals surface area contributed by atoms with Crippen molar-refractivity contribution in [1.29, 1.82) is 0 Å². The van der Waals surface area contributed by atoms with Crippen LogP contribution in [0.2, 0.25) is 0 Å². The highest BCUT2D eigenvalue weighted by atomic mass is 19.4. The fraction of sp³-hybridized carbons (Fsp3) is 0.167. The Morgan fingerprint density at radius 1 is 0.692 bits per heavy atom. The van der Waals surface area contributed by atoms with Crippen LogP contribution >= 0.6 is 0 Å². The van der Waals surface area contributed by atoms with Crippen molar-refractivity contribution in [2.24, 2.45) is 0 Å². The van der Waals surface area contributed by atoms with Crippen molar-refractivity contribution >= 4 is 0 Å². The normalized spacial score (nSPS) is 12.4. The van der Waals surface area contributed by atoms with E-state index in [-0.39, 0.29) is 11.7 Å². The van der Waals surface area contributed by atoms with Gasteiger partial charge in [0.2, 0.25) is 5.89 Å². The molecule has 136 valence electrons. The highest BCUT2D eigenvalue weighted by Gasteiger charge is 2.31. The van der Waals surface area contributed by atoms with Crippen LogP contribution in [-0.2, 0) is 12.4 Å². The fourth-order valence-electron chi connectivity index (χ4n) is 2.40. The maximum Gasteiger partial charge on any atom is 0.416 e. The highest BCUT2D eigenvalue weighted by molar-refractivity contribution is 5.64. The van der Waals surface area contributed by atoms with Crippen molar-refractivity contribution in [3.63, 3.8) is 0 Å². The van der Waals surface area contributed by atoms with E-state index in [4.69, 9.17) is 4.42 Å². The molecule has 0 saturated heterocycles. The molecule has 0 radical (unpaired) electrons.